The molecule has 0 heterocycles. The minimum atomic E-state index is -4.21. The molecule has 0 saturated carbocycles. The first-order valence-corrected chi connectivity index (χ1v) is 6.39. The number of para-hydroxylation sites is 1. The molecule has 0 bridgehead atoms. The summed E-state index contributed by atoms with van der Waals surface area (Å²) in [5.74, 6) is 0.507. The fraction of sp³-hybridized carbons (Fsp3) is 0.571. The minimum Gasteiger partial charge on any atom is -0.491 e. The van der Waals surface area contributed by atoms with Crippen molar-refractivity contribution < 1.29 is 17.9 Å². The molecule has 0 aliphatic heterocycles. The second-order valence-corrected chi connectivity index (χ2v) is 4.63. The smallest absolute Gasteiger partial charge is 0.390 e. The van der Waals surface area contributed by atoms with Crippen molar-refractivity contribution in [2.75, 3.05) is 6.54 Å². The lowest BCUT2D eigenvalue weighted by atomic mass is 10.0. The Balaban J connectivity index is 3.00. The highest BCUT2D eigenvalue weighted by molar-refractivity contribution is 5.36. The van der Waals surface area contributed by atoms with E-state index >= 15 is 0 Å². The molecule has 0 radical (unpaired) electrons. The van der Waals surface area contributed by atoms with Gasteiger partial charge in [-0.05, 0) is 26.5 Å². The third-order valence-electron chi connectivity index (χ3n) is 2.54. The van der Waals surface area contributed by atoms with Gasteiger partial charge in [-0.15, -0.1) is 0 Å². The molecule has 5 heteroatoms. The van der Waals surface area contributed by atoms with Crippen molar-refractivity contribution in [2.24, 2.45) is 0 Å². The number of rotatable bonds is 6. The lowest BCUT2D eigenvalue weighted by Gasteiger charge is -2.23. The molecule has 1 unspecified atom stereocenters. The zero-order valence-corrected chi connectivity index (χ0v) is 11.4. The second-order valence-electron chi connectivity index (χ2n) is 4.63. The van der Waals surface area contributed by atoms with Crippen LogP contribution in [0.1, 0.15) is 38.8 Å². The van der Waals surface area contributed by atoms with Gasteiger partial charge in [0.15, 0.2) is 0 Å². The van der Waals surface area contributed by atoms with E-state index in [-0.39, 0.29) is 6.10 Å². The zero-order chi connectivity index (χ0) is 14.5. The van der Waals surface area contributed by atoms with Crippen molar-refractivity contribution in [2.45, 2.75) is 45.5 Å². The normalized spacial score (nSPS) is 13.6. The number of nitrogens with one attached hydrogen (secondary N) is 1. The molecule has 0 spiro atoms. The largest absolute Gasteiger partial charge is 0.491 e. The van der Waals surface area contributed by atoms with Gasteiger partial charge in [0.25, 0.3) is 0 Å². The standard InChI is InChI=1S/C14H20F3NO/c1-4-18-12(9-14(15,16)17)11-7-5-6-8-13(11)19-10(2)3/h5-8,10,12,18H,4,9H2,1-3H3. The van der Waals surface area contributed by atoms with Crippen LogP contribution in [0.15, 0.2) is 24.3 Å². The lowest BCUT2D eigenvalue weighted by molar-refractivity contribution is -0.140. The summed E-state index contributed by atoms with van der Waals surface area (Å²) in [6.45, 7) is 5.96. The molecule has 0 saturated heterocycles. The van der Waals surface area contributed by atoms with E-state index < -0.39 is 18.6 Å². The number of ether oxygens (including phenoxy) is 1. The summed E-state index contributed by atoms with van der Waals surface area (Å²) in [6, 6.07) is 6.09. The molecule has 0 fully saturated rings. The van der Waals surface area contributed by atoms with Crippen LogP contribution in [0, 0.1) is 0 Å². The molecule has 1 rings (SSSR count). The van der Waals surface area contributed by atoms with Crippen LogP contribution in [0.5, 0.6) is 5.75 Å². The zero-order valence-electron chi connectivity index (χ0n) is 11.4. The van der Waals surface area contributed by atoms with E-state index in [1.165, 1.54) is 0 Å². The Morgan fingerprint density at radius 3 is 2.37 bits per heavy atom. The predicted molar refractivity (Wildman–Crippen MR) is 69.3 cm³/mol. The number of hydrogen-bond donors (Lipinski definition) is 1. The van der Waals surface area contributed by atoms with Crippen molar-refractivity contribution in [1.29, 1.82) is 0 Å². The van der Waals surface area contributed by atoms with Crippen LogP contribution in [-0.2, 0) is 0 Å². The van der Waals surface area contributed by atoms with E-state index in [9.17, 15) is 13.2 Å². The van der Waals surface area contributed by atoms with Crippen LogP contribution in [-0.4, -0.2) is 18.8 Å². The van der Waals surface area contributed by atoms with Gasteiger partial charge in [0.05, 0.1) is 12.5 Å². The third-order valence-corrected chi connectivity index (χ3v) is 2.54. The molecule has 1 N–H and O–H groups in total. The van der Waals surface area contributed by atoms with Gasteiger partial charge in [0, 0.05) is 11.6 Å². The quantitative estimate of drug-likeness (QED) is 0.844. The van der Waals surface area contributed by atoms with E-state index in [4.69, 9.17) is 4.74 Å². The Bertz CT molecular complexity index is 391. The van der Waals surface area contributed by atoms with Crippen LogP contribution < -0.4 is 10.1 Å². The van der Waals surface area contributed by atoms with Crippen LogP contribution in [0.3, 0.4) is 0 Å². The van der Waals surface area contributed by atoms with Gasteiger partial charge in [0.2, 0.25) is 0 Å². The molecule has 108 valence electrons. The maximum atomic E-state index is 12.6. The van der Waals surface area contributed by atoms with Crippen molar-refractivity contribution in [3.05, 3.63) is 29.8 Å². The van der Waals surface area contributed by atoms with E-state index in [1.54, 1.807) is 31.2 Å². The average molecular weight is 275 g/mol. The van der Waals surface area contributed by atoms with E-state index in [1.807, 2.05) is 13.8 Å². The molecule has 2 nitrogen and oxygen atoms in total. The Hall–Kier alpha value is -1.23. The average Bonchev–Trinajstić information content (AvgIpc) is 2.26. The van der Waals surface area contributed by atoms with E-state index in [0.29, 0.717) is 17.9 Å². The molecule has 0 aliphatic rings. The maximum absolute atomic E-state index is 12.6. The van der Waals surface area contributed by atoms with Gasteiger partial charge < -0.3 is 10.1 Å². The first-order chi connectivity index (χ1) is 8.83. The van der Waals surface area contributed by atoms with E-state index in [2.05, 4.69) is 5.32 Å². The maximum Gasteiger partial charge on any atom is 0.390 e. The molecule has 19 heavy (non-hydrogen) atoms. The minimum absolute atomic E-state index is 0.0747. The monoisotopic (exact) mass is 275 g/mol. The molecule has 1 aromatic rings. The van der Waals surface area contributed by atoms with Crippen LogP contribution >= 0.6 is 0 Å². The molecule has 0 amide bonds. The predicted octanol–water partition coefficient (Wildman–Crippen LogP) is 4.08. The van der Waals surface area contributed by atoms with Crippen molar-refractivity contribution >= 4 is 0 Å². The molecule has 1 atom stereocenters. The van der Waals surface area contributed by atoms with Gasteiger partial charge in [-0.2, -0.15) is 13.2 Å². The molecular weight excluding hydrogens is 255 g/mol. The Morgan fingerprint density at radius 1 is 1.21 bits per heavy atom. The Kier molecular flexibility index (Phi) is 5.66. The second kappa shape index (κ2) is 6.80. The van der Waals surface area contributed by atoms with Crippen LogP contribution in [0.4, 0.5) is 13.2 Å². The van der Waals surface area contributed by atoms with Crippen LogP contribution in [0.2, 0.25) is 0 Å². The van der Waals surface area contributed by atoms with Crippen molar-refractivity contribution in [3.63, 3.8) is 0 Å². The van der Waals surface area contributed by atoms with Gasteiger partial charge in [-0.1, -0.05) is 25.1 Å². The lowest BCUT2D eigenvalue weighted by Crippen LogP contribution is -2.27. The fourth-order valence-corrected chi connectivity index (χ4v) is 1.90. The van der Waals surface area contributed by atoms with Crippen molar-refractivity contribution in [1.82, 2.24) is 5.32 Å². The molecule has 0 aromatic heterocycles. The number of benzene rings is 1. The van der Waals surface area contributed by atoms with Crippen LogP contribution in [0.25, 0.3) is 0 Å². The van der Waals surface area contributed by atoms with Gasteiger partial charge in [0.1, 0.15) is 5.75 Å². The Morgan fingerprint density at radius 2 is 1.84 bits per heavy atom. The summed E-state index contributed by atoms with van der Waals surface area (Å²) < 4.78 is 43.5. The summed E-state index contributed by atoms with van der Waals surface area (Å²) in [5, 5.41) is 2.87. The molecule has 1 aromatic carbocycles. The summed E-state index contributed by atoms with van der Waals surface area (Å²) in [5.41, 5.74) is 0.551. The topological polar surface area (TPSA) is 21.3 Å². The summed E-state index contributed by atoms with van der Waals surface area (Å²) in [6.07, 6.45) is -5.19. The summed E-state index contributed by atoms with van der Waals surface area (Å²) >= 11 is 0. The number of alkyl halides is 3. The highest BCUT2D eigenvalue weighted by Gasteiger charge is 2.33. The van der Waals surface area contributed by atoms with Gasteiger partial charge >= 0.3 is 6.18 Å². The Labute approximate surface area is 112 Å². The number of halogens is 3. The number of hydrogen-bond acceptors (Lipinski definition) is 2. The highest BCUT2D eigenvalue weighted by atomic mass is 19.4. The first-order valence-electron chi connectivity index (χ1n) is 6.39. The fourth-order valence-electron chi connectivity index (χ4n) is 1.90. The SMILES string of the molecule is CCNC(CC(F)(F)F)c1ccccc1OC(C)C. The van der Waals surface area contributed by atoms with Gasteiger partial charge in [-0.25, -0.2) is 0 Å². The van der Waals surface area contributed by atoms with Crippen molar-refractivity contribution in [3.8, 4) is 5.75 Å². The highest BCUT2D eigenvalue weighted by Crippen LogP contribution is 2.34. The summed E-state index contributed by atoms with van der Waals surface area (Å²) in [4.78, 5) is 0. The molecular formula is C14H20F3NO. The van der Waals surface area contributed by atoms with Gasteiger partial charge in [-0.3, -0.25) is 0 Å². The third kappa shape index (κ3) is 5.51. The molecule has 0 aliphatic carbocycles. The first kappa shape index (κ1) is 15.8. The summed E-state index contributed by atoms with van der Waals surface area (Å²) in [7, 11) is 0. The van der Waals surface area contributed by atoms with E-state index in [0.717, 1.165) is 0 Å².